The minimum Gasteiger partial charge on any atom is -0.0953 e. The van der Waals surface area contributed by atoms with Crippen molar-refractivity contribution < 1.29 is 0 Å². The van der Waals surface area contributed by atoms with E-state index in [9.17, 15) is 0 Å². The molecule has 0 bridgehead atoms. The molecule has 0 N–H and O–H groups in total. The molecule has 9 heavy (non-hydrogen) atoms. The number of rotatable bonds is 5. The number of hydrogen-bond acceptors (Lipinski definition) is 0. The highest BCUT2D eigenvalue weighted by Crippen LogP contribution is 1.95. The van der Waals surface area contributed by atoms with Gasteiger partial charge in [0.05, 0.1) is 0 Å². The molecule has 0 saturated carbocycles. The van der Waals surface area contributed by atoms with E-state index in [1.807, 2.05) is 0 Å². The summed E-state index contributed by atoms with van der Waals surface area (Å²) in [6.45, 7) is 5.70. The van der Waals surface area contributed by atoms with Crippen LogP contribution in [-0.4, -0.2) is 0 Å². The molecule has 0 aromatic heterocycles. The molecule has 1 radical (unpaired) electrons. The molecule has 51 valence electrons. The monoisotopic (exact) mass is 123 g/mol. The Kier molecular flexibility index (Phi) is 7.05. The van der Waals surface area contributed by atoms with Gasteiger partial charge in [0.15, 0.2) is 0 Å². The highest BCUT2D eigenvalue weighted by Gasteiger charge is 1.75. The molecule has 0 saturated heterocycles. The summed E-state index contributed by atoms with van der Waals surface area (Å²) >= 11 is 0. The Labute approximate surface area is 58.3 Å². The van der Waals surface area contributed by atoms with Crippen molar-refractivity contribution >= 4 is 0 Å². The minimum atomic E-state index is 0.893. The highest BCUT2D eigenvalue weighted by molar-refractivity contribution is 4.84. The second kappa shape index (κ2) is 7.48. The van der Waals surface area contributed by atoms with Crippen LogP contribution in [0.15, 0.2) is 18.7 Å². The maximum absolute atomic E-state index is 3.50. The molecule has 0 amide bonds. The van der Waals surface area contributed by atoms with E-state index in [1.165, 1.54) is 19.3 Å². The van der Waals surface area contributed by atoms with Gasteiger partial charge in [0.2, 0.25) is 0 Å². The first-order valence-corrected chi connectivity index (χ1v) is 3.56. The van der Waals surface area contributed by atoms with Crippen LogP contribution < -0.4 is 0 Å². The normalized spacial score (nSPS) is 10.3. The summed E-state index contributed by atoms with van der Waals surface area (Å²) in [6, 6.07) is 0. The van der Waals surface area contributed by atoms with Crippen LogP contribution >= 0.6 is 0 Å². The fraction of sp³-hybridized carbons (Fsp3) is 0.556. The van der Waals surface area contributed by atoms with E-state index in [4.69, 9.17) is 0 Å². The Morgan fingerprint density at radius 1 is 1.44 bits per heavy atom. The molecular formula is C9H15. The lowest BCUT2D eigenvalue weighted by molar-refractivity contribution is 0.813. The zero-order chi connectivity index (χ0) is 6.95. The summed E-state index contributed by atoms with van der Waals surface area (Å²) in [6.07, 6.45) is 11.8. The molecule has 0 heterocycles. The predicted octanol–water partition coefficient (Wildman–Crippen LogP) is 3.11. The Hall–Kier alpha value is -0.520. The predicted molar refractivity (Wildman–Crippen MR) is 42.2 cm³/mol. The summed E-state index contributed by atoms with van der Waals surface area (Å²) in [5, 5.41) is 0. The Balaban J connectivity index is 2.94. The third kappa shape index (κ3) is 7.48. The summed E-state index contributed by atoms with van der Waals surface area (Å²) in [7, 11) is 0. The molecule has 0 aliphatic rings. The molecule has 0 aromatic rings. The van der Waals surface area contributed by atoms with Crippen LogP contribution in [0.4, 0.5) is 0 Å². The Bertz CT molecular complexity index is 80.0. The van der Waals surface area contributed by atoms with Gasteiger partial charge in [0, 0.05) is 0 Å². The summed E-state index contributed by atoms with van der Waals surface area (Å²) < 4.78 is 0. The van der Waals surface area contributed by atoms with E-state index >= 15 is 0 Å². The molecule has 0 rings (SSSR count). The number of hydrogen-bond donors (Lipinski definition) is 0. The third-order valence-electron chi connectivity index (χ3n) is 1.15. The molecule has 0 heteroatoms. The van der Waals surface area contributed by atoms with Crippen LogP contribution in [0.5, 0.6) is 0 Å². The van der Waals surface area contributed by atoms with Crippen LogP contribution in [-0.2, 0) is 0 Å². The largest absolute Gasteiger partial charge is 0.0953 e. The molecular weight excluding hydrogens is 108 g/mol. The lowest BCUT2D eigenvalue weighted by Gasteiger charge is -1.85. The van der Waals surface area contributed by atoms with Gasteiger partial charge in [-0.15, -0.1) is 0 Å². The van der Waals surface area contributed by atoms with Gasteiger partial charge in [-0.2, -0.15) is 0 Å². The second-order valence-electron chi connectivity index (χ2n) is 2.07. The van der Waals surface area contributed by atoms with E-state index in [-0.39, 0.29) is 0 Å². The molecule has 0 aliphatic heterocycles. The summed E-state index contributed by atoms with van der Waals surface area (Å²) in [4.78, 5) is 0. The molecule has 0 atom stereocenters. The van der Waals surface area contributed by atoms with E-state index < -0.39 is 0 Å². The quantitative estimate of drug-likeness (QED) is 0.389. The van der Waals surface area contributed by atoms with Crippen molar-refractivity contribution in [2.24, 2.45) is 0 Å². The first-order chi connectivity index (χ1) is 4.41. The van der Waals surface area contributed by atoms with Gasteiger partial charge < -0.3 is 0 Å². The smallest absolute Gasteiger partial charge is 0.0101 e. The molecule has 0 spiro atoms. The Morgan fingerprint density at radius 2 is 2.22 bits per heavy atom. The average Bonchev–Trinajstić information content (AvgIpc) is 1.89. The first-order valence-electron chi connectivity index (χ1n) is 3.56. The highest BCUT2D eigenvalue weighted by atomic mass is 13.8. The van der Waals surface area contributed by atoms with E-state index in [2.05, 4.69) is 31.7 Å². The van der Waals surface area contributed by atoms with Crippen molar-refractivity contribution in [3.8, 4) is 0 Å². The molecule has 0 aromatic carbocycles. The lowest BCUT2D eigenvalue weighted by Crippen LogP contribution is -1.65. The maximum atomic E-state index is 3.50. The second-order valence-corrected chi connectivity index (χ2v) is 2.07. The lowest BCUT2D eigenvalue weighted by atomic mass is 10.2. The van der Waals surface area contributed by atoms with Gasteiger partial charge in [-0.25, -0.2) is 0 Å². The fourth-order valence-electron chi connectivity index (χ4n) is 0.606. The SMILES string of the molecule is C=[C]CC=CCCCC. The third-order valence-corrected chi connectivity index (χ3v) is 1.15. The van der Waals surface area contributed by atoms with Crippen LogP contribution in [0.1, 0.15) is 32.6 Å². The van der Waals surface area contributed by atoms with Gasteiger partial charge in [-0.1, -0.05) is 38.5 Å². The van der Waals surface area contributed by atoms with Crippen molar-refractivity contribution in [3.05, 3.63) is 24.8 Å². The average molecular weight is 123 g/mol. The fourth-order valence-corrected chi connectivity index (χ4v) is 0.606. The molecule has 0 fully saturated rings. The van der Waals surface area contributed by atoms with Crippen LogP contribution in [0.3, 0.4) is 0 Å². The van der Waals surface area contributed by atoms with Crippen LogP contribution in [0, 0.1) is 6.08 Å². The van der Waals surface area contributed by atoms with Crippen molar-refractivity contribution in [1.29, 1.82) is 0 Å². The molecule has 0 unspecified atom stereocenters. The zero-order valence-electron chi connectivity index (χ0n) is 6.19. The zero-order valence-corrected chi connectivity index (χ0v) is 6.19. The number of allylic oxidation sites excluding steroid dienone is 3. The van der Waals surface area contributed by atoms with Crippen LogP contribution in [0.2, 0.25) is 0 Å². The standard InChI is InChI=1S/C9H15/c1-3-5-7-9-8-6-4-2/h7,9H,1,4-6,8H2,2H3. The number of unbranched alkanes of at least 4 members (excludes halogenated alkanes) is 2. The van der Waals surface area contributed by atoms with E-state index in [0.29, 0.717) is 0 Å². The van der Waals surface area contributed by atoms with E-state index in [1.54, 1.807) is 0 Å². The van der Waals surface area contributed by atoms with Gasteiger partial charge in [0.1, 0.15) is 0 Å². The van der Waals surface area contributed by atoms with Crippen molar-refractivity contribution in [3.63, 3.8) is 0 Å². The Morgan fingerprint density at radius 3 is 2.78 bits per heavy atom. The first kappa shape index (κ1) is 8.48. The van der Waals surface area contributed by atoms with Gasteiger partial charge in [0.25, 0.3) is 0 Å². The molecule has 0 nitrogen and oxygen atoms in total. The van der Waals surface area contributed by atoms with E-state index in [0.717, 1.165) is 6.42 Å². The summed E-state index contributed by atoms with van der Waals surface area (Å²) in [5.74, 6) is 0. The van der Waals surface area contributed by atoms with Crippen molar-refractivity contribution in [1.82, 2.24) is 0 Å². The van der Waals surface area contributed by atoms with Crippen LogP contribution in [0.25, 0.3) is 0 Å². The topological polar surface area (TPSA) is 0 Å². The molecule has 0 aliphatic carbocycles. The van der Waals surface area contributed by atoms with Gasteiger partial charge >= 0.3 is 0 Å². The van der Waals surface area contributed by atoms with Gasteiger partial charge in [-0.05, 0) is 18.9 Å². The minimum absolute atomic E-state index is 0.893. The van der Waals surface area contributed by atoms with Gasteiger partial charge in [-0.3, -0.25) is 0 Å². The summed E-state index contributed by atoms with van der Waals surface area (Å²) in [5.41, 5.74) is 0. The van der Waals surface area contributed by atoms with Crippen molar-refractivity contribution in [2.45, 2.75) is 32.6 Å². The van der Waals surface area contributed by atoms with Crippen molar-refractivity contribution in [2.75, 3.05) is 0 Å². The maximum Gasteiger partial charge on any atom is -0.0101 e.